The van der Waals surface area contributed by atoms with Crippen molar-refractivity contribution in [2.75, 3.05) is 0 Å². The summed E-state index contributed by atoms with van der Waals surface area (Å²) in [6.07, 6.45) is 1.13. The lowest BCUT2D eigenvalue weighted by atomic mass is 10.1. The van der Waals surface area contributed by atoms with E-state index in [0.717, 1.165) is 0 Å². The van der Waals surface area contributed by atoms with Crippen LogP contribution in [0, 0.1) is 0 Å². The van der Waals surface area contributed by atoms with Gasteiger partial charge in [0.05, 0.1) is 17.8 Å². The molecule has 0 bridgehead atoms. The highest BCUT2D eigenvalue weighted by Gasteiger charge is 2.10. The molecule has 0 fully saturated rings. The SMILES string of the molecule is C[C@H](O)[C@@H](O)/C=C/C(C)(C)O. The van der Waals surface area contributed by atoms with Gasteiger partial charge in [-0.05, 0) is 20.8 Å². The van der Waals surface area contributed by atoms with Crippen molar-refractivity contribution >= 4 is 0 Å². The summed E-state index contributed by atoms with van der Waals surface area (Å²) in [5, 5.41) is 27.0. The van der Waals surface area contributed by atoms with Gasteiger partial charge >= 0.3 is 0 Å². The average Bonchev–Trinajstić information content (AvgIpc) is 1.80. The molecule has 3 N–H and O–H groups in total. The van der Waals surface area contributed by atoms with Crippen molar-refractivity contribution in [1.29, 1.82) is 0 Å². The van der Waals surface area contributed by atoms with Crippen molar-refractivity contribution in [3.8, 4) is 0 Å². The zero-order valence-corrected chi connectivity index (χ0v) is 7.15. The fourth-order valence-electron chi connectivity index (χ4n) is 0.495. The number of hydrogen-bond donors (Lipinski definition) is 3. The third-order valence-corrected chi connectivity index (χ3v) is 1.20. The van der Waals surface area contributed by atoms with Crippen molar-refractivity contribution in [3.63, 3.8) is 0 Å². The highest BCUT2D eigenvalue weighted by Crippen LogP contribution is 2.04. The lowest BCUT2D eigenvalue weighted by molar-refractivity contribution is 0.0596. The quantitative estimate of drug-likeness (QED) is 0.511. The normalized spacial score (nSPS) is 18.7. The first kappa shape index (κ1) is 10.6. The Hall–Kier alpha value is -0.380. The summed E-state index contributed by atoms with van der Waals surface area (Å²) in [7, 11) is 0. The van der Waals surface area contributed by atoms with Crippen molar-refractivity contribution < 1.29 is 15.3 Å². The van der Waals surface area contributed by atoms with Crippen LogP contribution in [-0.4, -0.2) is 33.1 Å². The molecule has 11 heavy (non-hydrogen) atoms. The van der Waals surface area contributed by atoms with Crippen LogP contribution in [0.15, 0.2) is 12.2 Å². The molecule has 0 saturated heterocycles. The summed E-state index contributed by atoms with van der Waals surface area (Å²) in [6, 6.07) is 0. The maximum atomic E-state index is 9.17. The molecule has 0 aromatic heterocycles. The Bertz CT molecular complexity index is 133. The Morgan fingerprint density at radius 1 is 1.27 bits per heavy atom. The molecule has 0 radical (unpaired) electrons. The zero-order chi connectivity index (χ0) is 9.07. The first-order valence-corrected chi connectivity index (χ1v) is 3.61. The molecule has 0 unspecified atom stereocenters. The molecule has 3 heteroatoms. The van der Waals surface area contributed by atoms with Crippen LogP contribution in [-0.2, 0) is 0 Å². The van der Waals surface area contributed by atoms with Gasteiger partial charge in [0, 0.05) is 0 Å². The van der Waals surface area contributed by atoms with Gasteiger partial charge in [-0.1, -0.05) is 12.2 Å². The minimum atomic E-state index is -0.935. The summed E-state index contributed by atoms with van der Waals surface area (Å²) in [6.45, 7) is 4.68. The summed E-state index contributed by atoms with van der Waals surface area (Å²) in [5.74, 6) is 0. The van der Waals surface area contributed by atoms with Gasteiger partial charge in [0.15, 0.2) is 0 Å². The van der Waals surface area contributed by atoms with Crippen LogP contribution >= 0.6 is 0 Å². The minimum absolute atomic E-state index is 0.798. The van der Waals surface area contributed by atoms with Gasteiger partial charge in [-0.25, -0.2) is 0 Å². The van der Waals surface area contributed by atoms with E-state index in [1.165, 1.54) is 19.1 Å². The standard InChI is InChI=1S/C8H16O3/c1-6(9)7(10)4-5-8(2,3)11/h4-7,9-11H,1-3H3/b5-4+/t6-,7-/m0/s1. The first-order chi connectivity index (χ1) is 4.83. The number of aliphatic hydroxyl groups excluding tert-OH is 2. The van der Waals surface area contributed by atoms with Gasteiger partial charge in [-0.3, -0.25) is 0 Å². The van der Waals surface area contributed by atoms with Crippen LogP contribution in [0.4, 0.5) is 0 Å². The zero-order valence-electron chi connectivity index (χ0n) is 7.15. The average molecular weight is 160 g/mol. The maximum Gasteiger partial charge on any atom is 0.0978 e. The second kappa shape index (κ2) is 3.85. The maximum absolute atomic E-state index is 9.17. The van der Waals surface area contributed by atoms with Gasteiger partial charge in [0.2, 0.25) is 0 Å². The van der Waals surface area contributed by atoms with E-state index in [1.807, 2.05) is 0 Å². The molecule has 0 saturated carbocycles. The largest absolute Gasteiger partial charge is 0.390 e. The topological polar surface area (TPSA) is 60.7 Å². The predicted molar refractivity (Wildman–Crippen MR) is 43.1 cm³/mol. The molecule has 0 aliphatic heterocycles. The lowest BCUT2D eigenvalue weighted by Gasteiger charge is -2.13. The van der Waals surface area contributed by atoms with Gasteiger partial charge < -0.3 is 15.3 Å². The molecule has 66 valence electrons. The molecule has 0 aromatic carbocycles. The van der Waals surface area contributed by atoms with Gasteiger partial charge in [-0.2, -0.15) is 0 Å². The molecule has 3 nitrogen and oxygen atoms in total. The van der Waals surface area contributed by atoms with E-state index < -0.39 is 17.8 Å². The van der Waals surface area contributed by atoms with Crippen LogP contribution in [0.25, 0.3) is 0 Å². The van der Waals surface area contributed by atoms with Crippen LogP contribution < -0.4 is 0 Å². The van der Waals surface area contributed by atoms with Crippen molar-refractivity contribution in [2.45, 2.75) is 38.6 Å². The number of rotatable bonds is 3. The molecular formula is C8H16O3. The van der Waals surface area contributed by atoms with Crippen molar-refractivity contribution in [1.82, 2.24) is 0 Å². The summed E-state index contributed by atoms with van der Waals surface area (Å²) in [4.78, 5) is 0. The van der Waals surface area contributed by atoms with Crippen LogP contribution in [0.5, 0.6) is 0 Å². The van der Waals surface area contributed by atoms with E-state index in [9.17, 15) is 0 Å². The Morgan fingerprint density at radius 3 is 2.00 bits per heavy atom. The van der Waals surface area contributed by atoms with E-state index in [0.29, 0.717) is 0 Å². The minimum Gasteiger partial charge on any atom is -0.390 e. The monoisotopic (exact) mass is 160 g/mol. The second-order valence-electron chi connectivity index (χ2n) is 3.24. The predicted octanol–water partition coefficient (Wildman–Crippen LogP) is 0.0552. The number of aliphatic hydroxyl groups is 3. The van der Waals surface area contributed by atoms with Crippen LogP contribution in [0.2, 0.25) is 0 Å². The molecule has 0 amide bonds. The summed E-state index contributed by atoms with van der Waals surface area (Å²) < 4.78 is 0. The smallest absolute Gasteiger partial charge is 0.0978 e. The van der Waals surface area contributed by atoms with Gasteiger partial charge in [0.25, 0.3) is 0 Å². The molecular weight excluding hydrogens is 144 g/mol. The highest BCUT2D eigenvalue weighted by atomic mass is 16.3. The summed E-state index contributed by atoms with van der Waals surface area (Å²) >= 11 is 0. The lowest BCUT2D eigenvalue weighted by Crippen LogP contribution is -2.22. The Kier molecular flexibility index (Phi) is 3.72. The highest BCUT2D eigenvalue weighted by molar-refractivity contribution is 4.99. The molecule has 0 aliphatic carbocycles. The van der Waals surface area contributed by atoms with Crippen LogP contribution in [0.1, 0.15) is 20.8 Å². The Labute approximate surface area is 67.0 Å². The van der Waals surface area contributed by atoms with Crippen molar-refractivity contribution in [2.24, 2.45) is 0 Å². The molecule has 0 spiro atoms. The fraction of sp³-hybridized carbons (Fsp3) is 0.750. The first-order valence-electron chi connectivity index (χ1n) is 3.61. The molecule has 0 heterocycles. The Balaban J connectivity index is 3.93. The molecule has 2 atom stereocenters. The summed E-state index contributed by atoms with van der Waals surface area (Å²) in [5.41, 5.74) is -0.935. The van der Waals surface area contributed by atoms with Gasteiger partial charge in [0.1, 0.15) is 0 Å². The molecule has 0 aliphatic rings. The second-order valence-corrected chi connectivity index (χ2v) is 3.24. The Morgan fingerprint density at radius 2 is 1.73 bits per heavy atom. The number of hydrogen-bond acceptors (Lipinski definition) is 3. The van der Waals surface area contributed by atoms with E-state index >= 15 is 0 Å². The molecule has 0 aromatic rings. The third-order valence-electron chi connectivity index (χ3n) is 1.20. The van der Waals surface area contributed by atoms with Gasteiger partial charge in [-0.15, -0.1) is 0 Å². The molecule has 0 rings (SSSR count). The van der Waals surface area contributed by atoms with E-state index in [4.69, 9.17) is 15.3 Å². The van der Waals surface area contributed by atoms with E-state index in [1.54, 1.807) is 13.8 Å². The fourth-order valence-corrected chi connectivity index (χ4v) is 0.495. The van der Waals surface area contributed by atoms with E-state index in [2.05, 4.69) is 0 Å². The van der Waals surface area contributed by atoms with E-state index in [-0.39, 0.29) is 0 Å². The van der Waals surface area contributed by atoms with Crippen molar-refractivity contribution in [3.05, 3.63) is 12.2 Å². The van der Waals surface area contributed by atoms with Crippen LogP contribution in [0.3, 0.4) is 0 Å². The third kappa shape index (κ3) is 6.04.